The van der Waals surface area contributed by atoms with Gasteiger partial charge in [-0.1, -0.05) is 63.2 Å². The minimum atomic E-state index is -3.58. The normalized spacial score (nSPS) is 12.6. The molecule has 0 fully saturated rings. The maximum absolute atomic E-state index is 12.7. The predicted octanol–water partition coefficient (Wildman–Crippen LogP) is 3.92. The predicted molar refractivity (Wildman–Crippen MR) is 115 cm³/mol. The van der Waals surface area contributed by atoms with Crippen molar-refractivity contribution in [3.8, 4) is 0 Å². The molecule has 2 aromatic rings. The third-order valence-corrected chi connectivity index (χ3v) is 5.70. The summed E-state index contributed by atoms with van der Waals surface area (Å²) in [5.41, 5.74) is 2.63. The molecule has 5 nitrogen and oxygen atoms in total. The number of amides is 1. The first-order chi connectivity index (χ1) is 13.2. The van der Waals surface area contributed by atoms with Crippen LogP contribution in [0.2, 0.25) is 0 Å². The van der Waals surface area contributed by atoms with E-state index in [9.17, 15) is 13.2 Å². The fourth-order valence-corrected chi connectivity index (χ4v) is 3.96. The number of carbonyl (C=O) groups excluding carboxylic acids is 1. The Morgan fingerprint density at radius 2 is 1.64 bits per heavy atom. The van der Waals surface area contributed by atoms with E-state index in [2.05, 4.69) is 19.2 Å². The smallest absolute Gasteiger partial charge is 0.241 e. The van der Waals surface area contributed by atoms with Crippen molar-refractivity contribution in [3.63, 3.8) is 0 Å². The highest BCUT2D eigenvalue weighted by Crippen LogP contribution is 2.22. The van der Waals surface area contributed by atoms with Gasteiger partial charge >= 0.3 is 0 Å². The van der Waals surface area contributed by atoms with Crippen molar-refractivity contribution < 1.29 is 13.2 Å². The van der Waals surface area contributed by atoms with Crippen molar-refractivity contribution in [2.75, 3.05) is 17.1 Å². The van der Waals surface area contributed by atoms with Crippen molar-refractivity contribution >= 4 is 21.6 Å². The lowest BCUT2D eigenvalue weighted by atomic mass is 9.97. The fourth-order valence-electron chi connectivity index (χ4n) is 3.10. The van der Waals surface area contributed by atoms with Crippen molar-refractivity contribution in [3.05, 3.63) is 65.7 Å². The van der Waals surface area contributed by atoms with Crippen LogP contribution in [0.3, 0.4) is 0 Å². The zero-order chi connectivity index (χ0) is 20.7. The number of rotatable bonds is 9. The van der Waals surface area contributed by atoms with Crippen LogP contribution in [0.25, 0.3) is 0 Å². The zero-order valence-corrected chi connectivity index (χ0v) is 17.9. The van der Waals surface area contributed by atoms with Gasteiger partial charge in [0, 0.05) is 0 Å². The van der Waals surface area contributed by atoms with Crippen LogP contribution < -0.4 is 9.62 Å². The summed E-state index contributed by atoms with van der Waals surface area (Å²) in [7, 11) is -3.58. The molecule has 1 N–H and O–H groups in total. The Labute approximate surface area is 168 Å². The molecule has 0 radical (unpaired) electrons. The molecule has 0 aliphatic heterocycles. The van der Waals surface area contributed by atoms with E-state index in [1.165, 1.54) is 0 Å². The first-order valence-corrected chi connectivity index (χ1v) is 11.5. The molecule has 0 aliphatic carbocycles. The van der Waals surface area contributed by atoms with Gasteiger partial charge in [-0.3, -0.25) is 9.10 Å². The van der Waals surface area contributed by atoms with Gasteiger partial charge in [0.15, 0.2) is 0 Å². The van der Waals surface area contributed by atoms with Gasteiger partial charge in [0.1, 0.15) is 6.54 Å². The first-order valence-electron chi connectivity index (χ1n) is 9.61. The third-order valence-electron chi connectivity index (χ3n) is 4.56. The molecule has 0 aromatic heterocycles. The molecule has 1 amide bonds. The summed E-state index contributed by atoms with van der Waals surface area (Å²) in [5, 5.41) is 3.01. The summed E-state index contributed by atoms with van der Waals surface area (Å²) in [4.78, 5) is 12.7. The van der Waals surface area contributed by atoms with E-state index in [4.69, 9.17) is 0 Å². The van der Waals surface area contributed by atoms with Gasteiger partial charge in [-0.05, 0) is 42.0 Å². The Morgan fingerprint density at radius 1 is 1.04 bits per heavy atom. The molecule has 2 rings (SSSR count). The second-order valence-corrected chi connectivity index (χ2v) is 9.36. The summed E-state index contributed by atoms with van der Waals surface area (Å²) in [5.74, 6) is 0.0672. The Kier molecular flexibility index (Phi) is 7.63. The lowest BCUT2D eigenvalue weighted by molar-refractivity contribution is -0.120. The van der Waals surface area contributed by atoms with Crippen molar-refractivity contribution in [2.45, 2.75) is 39.7 Å². The first kappa shape index (κ1) is 22.0. The summed E-state index contributed by atoms with van der Waals surface area (Å²) >= 11 is 0. The number of hydrogen-bond donors (Lipinski definition) is 1. The second kappa shape index (κ2) is 9.73. The van der Waals surface area contributed by atoms with E-state index in [1.54, 1.807) is 12.1 Å². The molecule has 0 aliphatic rings. The lowest BCUT2D eigenvalue weighted by Crippen LogP contribution is -2.41. The number of anilines is 1. The fraction of sp³-hybridized carbons (Fsp3) is 0.409. The van der Waals surface area contributed by atoms with Gasteiger partial charge in [-0.2, -0.15) is 0 Å². The van der Waals surface area contributed by atoms with Gasteiger partial charge in [0.25, 0.3) is 0 Å². The molecular weight excluding hydrogens is 372 g/mol. The van der Waals surface area contributed by atoms with Crippen LogP contribution in [-0.2, 0) is 21.2 Å². The monoisotopic (exact) mass is 402 g/mol. The van der Waals surface area contributed by atoms with Crippen molar-refractivity contribution in [2.24, 2.45) is 5.92 Å². The molecule has 6 heteroatoms. The Balaban J connectivity index is 2.19. The molecule has 28 heavy (non-hydrogen) atoms. The molecule has 0 heterocycles. The van der Waals surface area contributed by atoms with Crippen LogP contribution in [0.5, 0.6) is 0 Å². The van der Waals surface area contributed by atoms with Crippen LogP contribution in [-0.4, -0.2) is 27.1 Å². The standard InChI is InChI=1S/C22H30N2O3S/c1-5-18-11-13-20(14-12-18)24(28(4,26)27)16-22(25)23-21(15-17(2)3)19-9-7-6-8-10-19/h6-14,17,21H,5,15-16H2,1-4H3,(H,23,25)/t21-/m1/s1. The average Bonchev–Trinajstić information content (AvgIpc) is 2.65. The molecule has 1 atom stereocenters. The van der Waals surface area contributed by atoms with Gasteiger partial charge in [-0.25, -0.2) is 8.42 Å². The lowest BCUT2D eigenvalue weighted by Gasteiger charge is -2.25. The van der Waals surface area contributed by atoms with Crippen LogP contribution >= 0.6 is 0 Å². The number of benzene rings is 2. The van der Waals surface area contributed by atoms with Gasteiger partial charge in [0.05, 0.1) is 18.0 Å². The van der Waals surface area contributed by atoms with E-state index < -0.39 is 10.0 Å². The highest BCUT2D eigenvalue weighted by atomic mass is 32.2. The van der Waals surface area contributed by atoms with Gasteiger partial charge < -0.3 is 5.32 Å². The van der Waals surface area contributed by atoms with Crippen LogP contribution in [0.4, 0.5) is 5.69 Å². The highest BCUT2D eigenvalue weighted by Gasteiger charge is 2.23. The number of nitrogens with one attached hydrogen (secondary N) is 1. The maximum Gasteiger partial charge on any atom is 0.241 e. The molecule has 152 valence electrons. The van der Waals surface area contributed by atoms with E-state index in [0.717, 1.165) is 34.5 Å². The van der Waals surface area contributed by atoms with E-state index in [-0.39, 0.29) is 18.5 Å². The minimum absolute atomic E-state index is 0.155. The minimum Gasteiger partial charge on any atom is -0.348 e. The molecule has 0 saturated carbocycles. The molecular formula is C22H30N2O3S. The summed E-state index contributed by atoms with van der Waals surface area (Å²) in [6.07, 6.45) is 2.77. The molecule has 2 aromatic carbocycles. The van der Waals surface area contributed by atoms with E-state index >= 15 is 0 Å². The molecule has 0 bridgehead atoms. The topological polar surface area (TPSA) is 66.5 Å². The molecule has 0 spiro atoms. The quantitative estimate of drug-likeness (QED) is 0.691. The molecule has 0 unspecified atom stereocenters. The van der Waals surface area contributed by atoms with Gasteiger partial charge in [-0.15, -0.1) is 0 Å². The SMILES string of the molecule is CCc1ccc(N(CC(=O)N[C@H](CC(C)C)c2ccccc2)S(C)(=O)=O)cc1. The summed E-state index contributed by atoms with van der Waals surface area (Å²) < 4.78 is 25.8. The summed E-state index contributed by atoms with van der Waals surface area (Å²) in [6, 6.07) is 16.9. The highest BCUT2D eigenvalue weighted by molar-refractivity contribution is 7.92. The van der Waals surface area contributed by atoms with Crippen LogP contribution in [0, 0.1) is 5.92 Å². The second-order valence-electron chi connectivity index (χ2n) is 7.45. The Morgan fingerprint density at radius 3 is 2.14 bits per heavy atom. The Hall–Kier alpha value is -2.34. The van der Waals surface area contributed by atoms with Crippen molar-refractivity contribution in [1.29, 1.82) is 0 Å². The maximum atomic E-state index is 12.7. The number of sulfonamides is 1. The van der Waals surface area contributed by atoms with Crippen molar-refractivity contribution in [1.82, 2.24) is 5.32 Å². The average molecular weight is 403 g/mol. The Bertz CT molecular complexity index is 862. The number of aryl methyl sites for hydroxylation is 1. The van der Waals surface area contributed by atoms with E-state index in [0.29, 0.717) is 11.6 Å². The van der Waals surface area contributed by atoms with Gasteiger partial charge in [0.2, 0.25) is 15.9 Å². The number of nitrogens with zero attached hydrogens (tertiary/aromatic N) is 1. The summed E-state index contributed by atoms with van der Waals surface area (Å²) in [6.45, 7) is 5.99. The third kappa shape index (κ3) is 6.37. The number of carbonyl (C=O) groups is 1. The zero-order valence-electron chi connectivity index (χ0n) is 17.1. The molecule has 0 saturated heterocycles. The largest absolute Gasteiger partial charge is 0.348 e. The van der Waals surface area contributed by atoms with Crippen LogP contribution in [0.15, 0.2) is 54.6 Å². The van der Waals surface area contributed by atoms with E-state index in [1.807, 2.05) is 49.4 Å². The number of hydrogen-bond acceptors (Lipinski definition) is 3. The van der Waals surface area contributed by atoms with Crippen LogP contribution in [0.1, 0.15) is 44.4 Å².